The number of hydrogen-bond donors (Lipinski definition) is 2. The number of hydrogen-bond acceptors (Lipinski definition) is 6. The topological polar surface area (TPSA) is 112 Å². The van der Waals surface area contributed by atoms with Crippen LogP contribution in [0.4, 0.5) is 0 Å². The van der Waals surface area contributed by atoms with E-state index in [4.69, 9.17) is 21.5 Å². The highest BCUT2D eigenvalue weighted by molar-refractivity contribution is 7.89. The average molecular weight is 460 g/mol. The summed E-state index contributed by atoms with van der Waals surface area (Å²) in [5.74, 6) is 0.412. The number of ether oxygens (including phenoxy) is 1. The molecule has 0 saturated carbocycles. The summed E-state index contributed by atoms with van der Waals surface area (Å²) in [6.07, 6.45) is 6.03. The van der Waals surface area contributed by atoms with E-state index in [2.05, 4.69) is 15.4 Å². The van der Waals surface area contributed by atoms with Crippen LogP contribution >= 0.6 is 11.6 Å². The minimum Gasteiger partial charge on any atom is -0.471 e. The molecule has 1 aromatic carbocycles. The third-order valence-corrected chi connectivity index (χ3v) is 6.06. The van der Waals surface area contributed by atoms with Gasteiger partial charge in [0.1, 0.15) is 12.0 Å². The zero-order valence-corrected chi connectivity index (χ0v) is 18.8. The van der Waals surface area contributed by atoms with Crippen molar-refractivity contribution in [1.82, 2.24) is 20.1 Å². The molecule has 1 unspecified atom stereocenters. The molecule has 3 heterocycles. The highest BCUT2D eigenvalue weighted by atomic mass is 35.5. The summed E-state index contributed by atoms with van der Waals surface area (Å²) in [5, 5.41) is 13.5. The van der Waals surface area contributed by atoms with Crippen LogP contribution in [0.1, 0.15) is 38.3 Å². The van der Waals surface area contributed by atoms with Crippen molar-refractivity contribution in [2.24, 2.45) is 5.14 Å². The molecule has 0 saturated heterocycles. The third-order valence-electron chi connectivity index (χ3n) is 4.90. The predicted octanol–water partition coefficient (Wildman–Crippen LogP) is 3.62. The molecule has 0 fully saturated rings. The molecule has 4 rings (SSSR count). The molecular weight excluding hydrogens is 438 g/mol. The van der Waals surface area contributed by atoms with Gasteiger partial charge in [0.05, 0.1) is 9.92 Å². The van der Waals surface area contributed by atoms with E-state index in [0.29, 0.717) is 27.7 Å². The normalized spacial score (nSPS) is 16.2. The Balaban J connectivity index is 1.89. The average Bonchev–Trinajstić information content (AvgIpc) is 3.38. The molecule has 3 aromatic rings. The van der Waals surface area contributed by atoms with Gasteiger partial charge in [-0.1, -0.05) is 44.5 Å². The minimum atomic E-state index is -4.02. The van der Waals surface area contributed by atoms with Gasteiger partial charge in [0.15, 0.2) is 5.82 Å². The number of nitrogens with zero attached hydrogens (tertiary/aromatic N) is 3. The van der Waals surface area contributed by atoms with Crippen molar-refractivity contribution in [3.05, 3.63) is 71.5 Å². The number of rotatable bonds is 4. The van der Waals surface area contributed by atoms with Crippen LogP contribution in [-0.4, -0.2) is 23.2 Å². The Morgan fingerprint density at radius 1 is 1.19 bits per heavy atom. The summed E-state index contributed by atoms with van der Waals surface area (Å²) in [6, 6.07) is 8.65. The Morgan fingerprint density at radius 3 is 2.61 bits per heavy atom. The maximum atomic E-state index is 12.5. The quantitative estimate of drug-likeness (QED) is 0.616. The molecule has 10 heteroatoms. The van der Waals surface area contributed by atoms with E-state index in [9.17, 15) is 8.42 Å². The standard InChI is InChI=1S/C21H22ClN5O3S/c1-21(2,3)13-4-5-15(18(10-13)31(23,28)29)16-11-14(22)12-25-19(16)27-8-6-17(26-27)20-24-7-9-30-20/h4-12,20,24H,1-3H3,(H2,23,28,29). The lowest BCUT2D eigenvalue weighted by molar-refractivity contribution is 0.150. The van der Waals surface area contributed by atoms with Gasteiger partial charge in [-0.05, 0) is 29.2 Å². The first-order valence-electron chi connectivity index (χ1n) is 9.50. The lowest BCUT2D eigenvalue weighted by Gasteiger charge is -2.21. The third kappa shape index (κ3) is 4.30. The zero-order chi connectivity index (χ0) is 22.4. The molecule has 0 aliphatic carbocycles. The van der Waals surface area contributed by atoms with Crippen molar-refractivity contribution in [2.45, 2.75) is 37.3 Å². The molecule has 2 aromatic heterocycles. The van der Waals surface area contributed by atoms with Crippen molar-refractivity contribution < 1.29 is 13.2 Å². The van der Waals surface area contributed by atoms with E-state index in [-0.39, 0.29) is 10.3 Å². The Morgan fingerprint density at radius 2 is 1.97 bits per heavy atom. The molecule has 1 aliphatic rings. The molecule has 0 spiro atoms. The fourth-order valence-electron chi connectivity index (χ4n) is 3.29. The Labute approximate surface area is 185 Å². The summed E-state index contributed by atoms with van der Waals surface area (Å²) >= 11 is 6.22. The van der Waals surface area contributed by atoms with Gasteiger partial charge in [-0.15, -0.1) is 0 Å². The summed E-state index contributed by atoms with van der Waals surface area (Å²) in [5.41, 5.74) is 2.11. The molecule has 162 valence electrons. The number of halogens is 1. The van der Waals surface area contributed by atoms with E-state index in [1.54, 1.807) is 47.6 Å². The van der Waals surface area contributed by atoms with Gasteiger partial charge in [0, 0.05) is 29.7 Å². The second-order valence-corrected chi connectivity index (χ2v) is 10.2. The van der Waals surface area contributed by atoms with Crippen LogP contribution in [0.15, 0.2) is 60.1 Å². The first kappa shape index (κ1) is 21.4. The second-order valence-electron chi connectivity index (χ2n) is 8.20. The molecule has 1 atom stereocenters. The number of nitrogens with two attached hydrogens (primary N) is 1. The maximum Gasteiger partial charge on any atom is 0.238 e. The van der Waals surface area contributed by atoms with E-state index < -0.39 is 16.3 Å². The number of primary sulfonamides is 1. The highest BCUT2D eigenvalue weighted by Crippen LogP contribution is 2.35. The summed E-state index contributed by atoms with van der Waals surface area (Å²) in [6.45, 7) is 6.00. The summed E-state index contributed by atoms with van der Waals surface area (Å²) in [4.78, 5) is 4.42. The molecule has 0 radical (unpaired) electrons. The minimum absolute atomic E-state index is 0.00242. The van der Waals surface area contributed by atoms with E-state index in [0.717, 1.165) is 5.56 Å². The van der Waals surface area contributed by atoms with E-state index >= 15 is 0 Å². The predicted molar refractivity (Wildman–Crippen MR) is 118 cm³/mol. The van der Waals surface area contributed by atoms with Crippen molar-refractivity contribution in [3.8, 4) is 16.9 Å². The zero-order valence-electron chi connectivity index (χ0n) is 17.2. The number of benzene rings is 1. The Bertz CT molecular complexity index is 1270. The molecular formula is C21H22ClN5O3S. The smallest absolute Gasteiger partial charge is 0.238 e. The van der Waals surface area contributed by atoms with Gasteiger partial charge >= 0.3 is 0 Å². The van der Waals surface area contributed by atoms with Crippen LogP contribution in [-0.2, 0) is 20.2 Å². The lowest BCUT2D eigenvalue weighted by Crippen LogP contribution is -2.17. The first-order chi connectivity index (χ1) is 14.5. The number of nitrogens with one attached hydrogen (secondary N) is 1. The van der Waals surface area contributed by atoms with Crippen LogP contribution in [0.3, 0.4) is 0 Å². The van der Waals surface area contributed by atoms with Crippen LogP contribution < -0.4 is 10.5 Å². The maximum absolute atomic E-state index is 12.5. The van der Waals surface area contributed by atoms with Crippen LogP contribution in [0.2, 0.25) is 5.02 Å². The van der Waals surface area contributed by atoms with Gasteiger partial charge in [-0.3, -0.25) is 0 Å². The Hall–Kier alpha value is -2.88. The van der Waals surface area contributed by atoms with Crippen molar-refractivity contribution in [1.29, 1.82) is 0 Å². The largest absolute Gasteiger partial charge is 0.471 e. The fraction of sp³-hybridized carbons (Fsp3) is 0.238. The monoisotopic (exact) mass is 459 g/mol. The molecule has 31 heavy (non-hydrogen) atoms. The Kier molecular flexibility index (Phi) is 5.28. The molecule has 3 N–H and O–H groups in total. The SMILES string of the molecule is CC(C)(C)c1ccc(-c2cc(Cl)cnc2-n2ccc(C3NC=CO3)n2)c(S(N)(=O)=O)c1. The molecule has 0 bridgehead atoms. The highest BCUT2D eigenvalue weighted by Gasteiger charge is 2.24. The number of sulfonamides is 1. The van der Waals surface area contributed by atoms with E-state index in [1.165, 1.54) is 6.20 Å². The van der Waals surface area contributed by atoms with Gasteiger partial charge in [-0.25, -0.2) is 23.2 Å². The van der Waals surface area contributed by atoms with Crippen molar-refractivity contribution in [3.63, 3.8) is 0 Å². The van der Waals surface area contributed by atoms with Gasteiger partial charge in [0.2, 0.25) is 16.3 Å². The summed E-state index contributed by atoms with van der Waals surface area (Å²) in [7, 11) is -4.02. The van der Waals surface area contributed by atoms with Gasteiger partial charge < -0.3 is 10.1 Å². The van der Waals surface area contributed by atoms with Gasteiger partial charge in [0.25, 0.3) is 0 Å². The van der Waals surface area contributed by atoms with Crippen LogP contribution in [0, 0.1) is 0 Å². The van der Waals surface area contributed by atoms with Gasteiger partial charge in [-0.2, -0.15) is 5.10 Å². The number of aromatic nitrogens is 3. The fourth-order valence-corrected chi connectivity index (χ4v) is 4.23. The van der Waals surface area contributed by atoms with Crippen molar-refractivity contribution >= 4 is 21.6 Å². The molecule has 1 aliphatic heterocycles. The number of pyridine rings is 1. The van der Waals surface area contributed by atoms with Crippen LogP contribution in [0.5, 0.6) is 0 Å². The first-order valence-corrected chi connectivity index (χ1v) is 11.4. The molecule has 0 amide bonds. The lowest BCUT2D eigenvalue weighted by atomic mass is 9.86. The van der Waals surface area contributed by atoms with Crippen molar-refractivity contribution in [2.75, 3.05) is 0 Å². The molecule has 8 nitrogen and oxygen atoms in total. The summed E-state index contributed by atoms with van der Waals surface area (Å²) < 4.78 is 32.0. The van der Waals surface area contributed by atoms with E-state index in [1.807, 2.05) is 26.8 Å². The second kappa shape index (κ2) is 7.67. The van der Waals surface area contributed by atoms with Crippen LogP contribution in [0.25, 0.3) is 16.9 Å².